The normalized spacial score (nSPS) is 40.7. The first kappa shape index (κ1) is 24.3. The van der Waals surface area contributed by atoms with Crippen molar-refractivity contribution in [1.82, 2.24) is 0 Å². The summed E-state index contributed by atoms with van der Waals surface area (Å²) in [5.41, 5.74) is 1.26. The fourth-order valence-electron chi connectivity index (χ4n) is 8.41. The molecule has 0 bridgehead atoms. The van der Waals surface area contributed by atoms with Crippen molar-refractivity contribution in [1.29, 1.82) is 0 Å². The molecule has 6 heteroatoms. The third-order valence-electron chi connectivity index (χ3n) is 9.57. The molecule has 0 amide bonds. The summed E-state index contributed by atoms with van der Waals surface area (Å²) in [6.07, 6.45) is 7.56. The minimum absolute atomic E-state index is 0.0100. The third kappa shape index (κ3) is 4.23. The van der Waals surface area contributed by atoms with Crippen LogP contribution in [-0.4, -0.2) is 30.1 Å². The zero-order chi connectivity index (χ0) is 24.1. The van der Waals surface area contributed by atoms with Crippen LogP contribution in [0, 0.1) is 34.5 Å². The van der Waals surface area contributed by atoms with Gasteiger partial charge in [0.15, 0.2) is 0 Å². The first-order valence-electron chi connectivity index (χ1n) is 12.7. The zero-order valence-electron chi connectivity index (χ0n) is 21.1. The molecule has 0 radical (unpaired) electrons. The minimum atomic E-state index is -0.264. The number of esters is 3. The summed E-state index contributed by atoms with van der Waals surface area (Å²) in [5.74, 6) is 1.73. The van der Waals surface area contributed by atoms with Gasteiger partial charge in [0, 0.05) is 33.1 Å². The van der Waals surface area contributed by atoms with Gasteiger partial charge in [-0.05, 0) is 86.0 Å². The van der Waals surface area contributed by atoms with Gasteiger partial charge in [0.1, 0.15) is 18.0 Å². The average Bonchev–Trinajstić information content (AvgIpc) is 3.03. The Labute approximate surface area is 197 Å². The van der Waals surface area contributed by atoms with Crippen molar-refractivity contribution in [3.63, 3.8) is 0 Å². The number of ether oxygens (including phenoxy) is 3. The van der Waals surface area contributed by atoms with Gasteiger partial charge in [-0.3, -0.25) is 14.4 Å². The van der Waals surface area contributed by atoms with Crippen LogP contribution >= 0.6 is 0 Å². The second-order valence-electron chi connectivity index (χ2n) is 11.5. The van der Waals surface area contributed by atoms with E-state index in [0.717, 1.165) is 57.1 Å². The molecule has 184 valence electrons. The largest absolute Gasteiger partial charge is 0.463 e. The summed E-state index contributed by atoms with van der Waals surface area (Å²) in [6, 6.07) is 0. The van der Waals surface area contributed by atoms with Crippen molar-refractivity contribution < 1.29 is 28.6 Å². The Balaban J connectivity index is 1.70. The molecule has 0 aliphatic heterocycles. The highest BCUT2D eigenvalue weighted by Crippen LogP contribution is 2.67. The Bertz CT molecular complexity index is 861. The Kier molecular flexibility index (Phi) is 6.43. The maximum Gasteiger partial charge on any atom is 0.307 e. The Morgan fingerprint density at radius 1 is 0.939 bits per heavy atom. The third-order valence-corrected chi connectivity index (χ3v) is 9.57. The number of carbonyl (C=O) groups is 3. The number of hydrogen-bond acceptors (Lipinski definition) is 6. The zero-order valence-corrected chi connectivity index (χ0v) is 21.1. The van der Waals surface area contributed by atoms with E-state index >= 15 is 0 Å². The lowest BCUT2D eigenvalue weighted by Crippen LogP contribution is -2.51. The summed E-state index contributed by atoms with van der Waals surface area (Å²) in [5, 5.41) is 0. The molecule has 0 aromatic rings. The van der Waals surface area contributed by atoms with Crippen LogP contribution in [0.25, 0.3) is 0 Å². The first-order chi connectivity index (χ1) is 15.5. The van der Waals surface area contributed by atoms with Crippen molar-refractivity contribution >= 4 is 17.9 Å². The van der Waals surface area contributed by atoms with Gasteiger partial charge in [0.05, 0.1) is 0 Å². The summed E-state index contributed by atoms with van der Waals surface area (Å²) in [4.78, 5) is 35.4. The van der Waals surface area contributed by atoms with Crippen molar-refractivity contribution in [2.45, 2.75) is 105 Å². The molecule has 4 aliphatic carbocycles. The summed E-state index contributed by atoms with van der Waals surface area (Å²) in [7, 11) is 0. The van der Waals surface area contributed by atoms with Crippen LogP contribution in [0.5, 0.6) is 0 Å². The molecule has 0 spiro atoms. The van der Waals surface area contributed by atoms with Gasteiger partial charge in [0.2, 0.25) is 0 Å². The maximum atomic E-state index is 12.2. The molecular formula is C27H40O6. The van der Waals surface area contributed by atoms with Crippen LogP contribution < -0.4 is 0 Å². The minimum Gasteiger partial charge on any atom is -0.463 e. The highest BCUT2D eigenvalue weighted by atomic mass is 16.5. The molecule has 8 atom stereocenters. The second kappa shape index (κ2) is 8.74. The molecule has 4 aliphatic rings. The van der Waals surface area contributed by atoms with Gasteiger partial charge in [-0.2, -0.15) is 0 Å². The summed E-state index contributed by atoms with van der Waals surface area (Å²) < 4.78 is 17.2. The van der Waals surface area contributed by atoms with Crippen LogP contribution in [0.15, 0.2) is 11.3 Å². The first-order valence-corrected chi connectivity index (χ1v) is 12.7. The lowest BCUT2D eigenvalue weighted by molar-refractivity contribution is -0.154. The number of fused-ring (bicyclic) bond motifs is 5. The van der Waals surface area contributed by atoms with Gasteiger partial charge in [-0.1, -0.05) is 13.8 Å². The lowest BCUT2D eigenvalue weighted by Gasteiger charge is -2.57. The van der Waals surface area contributed by atoms with Crippen LogP contribution in [0.1, 0.15) is 92.9 Å². The van der Waals surface area contributed by atoms with Crippen molar-refractivity contribution in [3.05, 3.63) is 11.3 Å². The van der Waals surface area contributed by atoms with Crippen LogP contribution in [0.4, 0.5) is 0 Å². The molecule has 0 unspecified atom stereocenters. The fourth-order valence-corrected chi connectivity index (χ4v) is 8.41. The smallest absolute Gasteiger partial charge is 0.307 e. The molecule has 0 aromatic carbocycles. The molecule has 0 N–H and O–H groups in total. The molecule has 0 heterocycles. The fraction of sp³-hybridized carbons (Fsp3) is 0.815. The molecule has 0 saturated heterocycles. The van der Waals surface area contributed by atoms with Gasteiger partial charge < -0.3 is 14.2 Å². The van der Waals surface area contributed by atoms with E-state index in [0.29, 0.717) is 17.8 Å². The van der Waals surface area contributed by atoms with E-state index in [1.165, 1.54) is 26.3 Å². The Morgan fingerprint density at radius 3 is 2.30 bits per heavy atom. The highest BCUT2D eigenvalue weighted by molar-refractivity contribution is 5.68. The Morgan fingerprint density at radius 2 is 1.67 bits per heavy atom. The SMILES string of the molecule is CC(=O)OC1=C2[C@H](CC[C@H]3C[C@H](OC(C)=O)CC[C@]23C)[C@@H]2CC[C@H]([C@@H](C)OC(C)=O)[C@@]2(C)C1. The second-order valence-corrected chi connectivity index (χ2v) is 11.5. The van der Waals surface area contributed by atoms with E-state index in [9.17, 15) is 14.4 Å². The van der Waals surface area contributed by atoms with E-state index in [-0.39, 0.29) is 46.9 Å². The quantitative estimate of drug-likeness (QED) is 0.416. The molecule has 0 aromatic heterocycles. The standard InChI is InChI=1S/C27H40O6/c1-15(31-16(2)28)22-9-10-23-21-8-7-19-13-20(32-17(3)29)11-12-26(19,5)25(21)24(33-18(4)30)14-27(22,23)6/h15,19-23H,7-14H2,1-6H3/t15-,19+,20-,21-,22-,23+,26+,27-/m1/s1. The van der Waals surface area contributed by atoms with Crippen molar-refractivity contribution in [2.24, 2.45) is 34.5 Å². The van der Waals surface area contributed by atoms with Gasteiger partial charge in [-0.25, -0.2) is 0 Å². The Hall–Kier alpha value is -1.85. The van der Waals surface area contributed by atoms with E-state index in [1.54, 1.807) is 0 Å². The summed E-state index contributed by atoms with van der Waals surface area (Å²) in [6.45, 7) is 11.1. The monoisotopic (exact) mass is 460 g/mol. The van der Waals surface area contributed by atoms with Crippen molar-refractivity contribution in [2.75, 3.05) is 0 Å². The van der Waals surface area contributed by atoms with Crippen molar-refractivity contribution in [3.8, 4) is 0 Å². The predicted octanol–water partition coefficient (Wildman–Crippen LogP) is 5.34. The molecule has 6 nitrogen and oxygen atoms in total. The number of hydrogen-bond donors (Lipinski definition) is 0. The van der Waals surface area contributed by atoms with E-state index in [1.807, 2.05) is 6.92 Å². The lowest BCUT2D eigenvalue weighted by atomic mass is 9.48. The van der Waals surface area contributed by atoms with Crippen LogP contribution in [0.3, 0.4) is 0 Å². The van der Waals surface area contributed by atoms with Gasteiger partial charge in [-0.15, -0.1) is 0 Å². The summed E-state index contributed by atoms with van der Waals surface area (Å²) >= 11 is 0. The van der Waals surface area contributed by atoms with Gasteiger partial charge in [0.25, 0.3) is 0 Å². The highest BCUT2D eigenvalue weighted by Gasteiger charge is 2.61. The topological polar surface area (TPSA) is 78.9 Å². The predicted molar refractivity (Wildman–Crippen MR) is 123 cm³/mol. The van der Waals surface area contributed by atoms with E-state index in [4.69, 9.17) is 14.2 Å². The van der Waals surface area contributed by atoms with E-state index < -0.39 is 0 Å². The number of carbonyl (C=O) groups excluding carboxylic acids is 3. The number of allylic oxidation sites excluding steroid dienone is 2. The molecule has 3 fully saturated rings. The molecular weight excluding hydrogens is 420 g/mol. The van der Waals surface area contributed by atoms with Gasteiger partial charge >= 0.3 is 17.9 Å². The van der Waals surface area contributed by atoms with E-state index in [2.05, 4.69) is 13.8 Å². The van der Waals surface area contributed by atoms with Crippen LogP contribution in [0.2, 0.25) is 0 Å². The molecule has 4 rings (SSSR count). The number of rotatable bonds is 4. The molecule has 3 saturated carbocycles. The van der Waals surface area contributed by atoms with Crippen LogP contribution in [-0.2, 0) is 28.6 Å². The average molecular weight is 461 g/mol. The maximum absolute atomic E-state index is 12.2. The molecule has 33 heavy (non-hydrogen) atoms.